The van der Waals surface area contributed by atoms with Crippen LogP contribution in [0.25, 0.3) is 0 Å². The number of halogens is 3. The van der Waals surface area contributed by atoms with Crippen LogP contribution >= 0.6 is 0 Å². The van der Waals surface area contributed by atoms with Crippen molar-refractivity contribution in [1.82, 2.24) is 9.97 Å². The normalized spacial score (nSPS) is 17.6. The van der Waals surface area contributed by atoms with Crippen LogP contribution in [0.3, 0.4) is 0 Å². The van der Waals surface area contributed by atoms with E-state index in [2.05, 4.69) is 20.6 Å². The van der Waals surface area contributed by atoms with Crippen molar-refractivity contribution in [2.75, 3.05) is 23.4 Å². The molecule has 0 atom stereocenters. The third-order valence-corrected chi connectivity index (χ3v) is 2.66. The number of aromatic nitrogens is 2. The van der Waals surface area contributed by atoms with Crippen molar-refractivity contribution in [2.45, 2.75) is 24.6 Å². The summed E-state index contributed by atoms with van der Waals surface area (Å²) in [7, 11) is 1.60. The largest absolute Gasteiger partial charge is 0.411 e. The molecule has 5 nitrogen and oxygen atoms in total. The van der Waals surface area contributed by atoms with Crippen LogP contribution in [0, 0.1) is 0 Å². The fraction of sp³-hybridized carbons (Fsp3) is 0.556. The van der Waals surface area contributed by atoms with Crippen LogP contribution in [0.2, 0.25) is 0 Å². The monoisotopic (exact) mass is 247 g/mol. The minimum absolute atomic E-state index is 0.0509. The van der Waals surface area contributed by atoms with Crippen LogP contribution in [0.5, 0.6) is 0 Å². The van der Waals surface area contributed by atoms with Crippen LogP contribution in [0.15, 0.2) is 6.07 Å². The lowest BCUT2D eigenvalue weighted by atomic mass is 10.2. The molecule has 17 heavy (non-hydrogen) atoms. The van der Waals surface area contributed by atoms with Gasteiger partial charge in [0.2, 0.25) is 5.95 Å². The van der Waals surface area contributed by atoms with Crippen molar-refractivity contribution in [3.8, 4) is 0 Å². The highest BCUT2D eigenvalue weighted by molar-refractivity contribution is 5.53. The fourth-order valence-corrected chi connectivity index (χ4v) is 1.51. The van der Waals surface area contributed by atoms with Crippen LogP contribution in [-0.2, 0) is 0 Å². The van der Waals surface area contributed by atoms with Gasteiger partial charge >= 0.3 is 6.18 Å². The van der Waals surface area contributed by atoms with Crippen LogP contribution in [0.1, 0.15) is 12.8 Å². The van der Waals surface area contributed by atoms with Crippen molar-refractivity contribution in [1.29, 1.82) is 0 Å². The lowest BCUT2D eigenvalue weighted by molar-refractivity contribution is -0.151. The average molecular weight is 247 g/mol. The number of nitrogens with two attached hydrogens (primary N) is 1. The maximum absolute atomic E-state index is 12.7. The molecule has 1 saturated carbocycles. The number of nitrogen functional groups attached to an aromatic ring is 1. The SMILES string of the molecule is CNc1cc(NC2(C(F)(F)F)CC2)nc(N)n1. The highest BCUT2D eigenvalue weighted by Crippen LogP contribution is 2.51. The van der Waals surface area contributed by atoms with E-state index in [0.29, 0.717) is 5.82 Å². The second-order valence-electron chi connectivity index (χ2n) is 3.95. The molecule has 0 spiro atoms. The Kier molecular flexibility index (Phi) is 2.52. The van der Waals surface area contributed by atoms with Crippen molar-refractivity contribution in [2.24, 2.45) is 0 Å². The van der Waals surface area contributed by atoms with Gasteiger partial charge in [0, 0.05) is 13.1 Å². The van der Waals surface area contributed by atoms with Gasteiger partial charge < -0.3 is 16.4 Å². The molecule has 0 radical (unpaired) electrons. The number of hydrogen-bond donors (Lipinski definition) is 3. The molecule has 0 saturated heterocycles. The predicted octanol–water partition coefficient (Wildman–Crippen LogP) is 1.61. The van der Waals surface area contributed by atoms with Crippen molar-refractivity contribution in [3.63, 3.8) is 0 Å². The summed E-state index contributed by atoms with van der Waals surface area (Å²) in [6.45, 7) is 0. The molecule has 0 aliphatic heterocycles. The van der Waals surface area contributed by atoms with E-state index in [1.807, 2.05) is 0 Å². The topological polar surface area (TPSA) is 75.9 Å². The molecule has 94 valence electrons. The molecule has 1 fully saturated rings. The lowest BCUT2D eigenvalue weighted by Crippen LogP contribution is -2.39. The zero-order valence-electron chi connectivity index (χ0n) is 9.10. The zero-order valence-corrected chi connectivity index (χ0v) is 9.10. The minimum atomic E-state index is -4.29. The van der Waals surface area contributed by atoms with Crippen LogP contribution < -0.4 is 16.4 Å². The third-order valence-electron chi connectivity index (χ3n) is 2.66. The molecule has 0 amide bonds. The average Bonchev–Trinajstić information content (AvgIpc) is 2.97. The zero-order chi connectivity index (χ0) is 12.7. The molecule has 1 aliphatic rings. The Morgan fingerprint density at radius 1 is 1.29 bits per heavy atom. The number of anilines is 3. The van der Waals surface area contributed by atoms with E-state index in [4.69, 9.17) is 5.73 Å². The number of nitrogens with one attached hydrogen (secondary N) is 2. The van der Waals surface area contributed by atoms with Gasteiger partial charge in [-0.05, 0) is 12.8 Å². The molecule has 0 aromatic carbocycles. The molecule has 2 rings (SSSR count). The van der Waals surface area contributed by atoms with Crippen molar-refractivity contribution in [3.05, 3.63) is 6.07 Å². The van der Waals surface area contributed by atoms with E-state index >= 15 is 0 Å². The Balaban J connectivity index is 2.22. The second kappa shape index (κ2) is 3.64. The molecular weight excluding hydrogens is 235 g/mol. The Labute approximate surface area is 95.6 Å². The Hall–Kier alpha value is -1.73. The molecule has 1 aromatic rings. The van der Waals surface area contributed by atoms with E-state index in [1.165, 1.54) is 6.07 Å². The molecule has 8 heteroatoms. The first-order chi connectivity index (χ1) is 7.86. The summed E-state index contributed by atoms with van der Waals surface area (Å²) in [4.78, 5) is 7.54. The molecule has 1 aromatic heterocycles. The first kappa shape index (κ1) is 11.7. The number of nitrogens with zero attached hydrogens (tertiary/aromatic N) is 2. The fourth-order valence-electron chi connectivity index (χ4n) is 1.51. The summed E-state index contributed by atoms with van der Waals surface area (Å²) in [6.07, 6.45) is -4.18. The van der Waals surface area contributed by atoms with Gasteiger partial charge in [0.15, 0.2) is 0 Å². The van der Waals surface area contributed by atoms with Gasteiger partial charge in [-0.1, -0.05) is 0 Å². The van der Waals surface area contributed by atoms with E-state index < -0.39 is 11.7 Å². The maximum Gasteiger partial charge on any atom is 0.411 e. The van der Waals surface area contributed by atoms with Gasteiger partial charge in [-0.2, -0.15) is 23.1 Å². The molecular formula is C9H12F3N5. The van der Waals surface area contributed by atoms with E-state index in [-0.39, 0.29) is 24.6 Å². The Morgan fingerprint density at radius 3 is 2.35 bits per heavy atom. The molecule has 1 aliphatic carbocycles. The lowest BCUT2D eigenvalue weighted by Gasteiger charge is -2.21. The predicted molar refractivity (Wildman–Crippen MR) is 57.6 cm³/mol. The van der Waals surface area contributed by atoms with E-state index in [1.54, 1.807) is 7.05 Å². The number of alkyl halides is 3. The van der Waals surface area contributed by atoms with Gasteiger partial charge in [-0.3, -0.25) is 0 Å². The van der Waals surface area contributed by atoms with E-state index in [0.717, 1.165) is 0 Å². The van der Waals surface area contributed by atoms with Gasteiger partial charge in [-0.25, -0.2) is 0 Å². The number of rotatable bonds is 3. The van der Waals surface area contributed by atoms with Crippen molar-refractivity contribution >= 4 is 17.6 Å². The van der Waals surface area contributed by atoms with Crippen LogP contribution in [0.4, 0.5) is 30.8 Å². The van der Waals surface area contributed by atoms with Crippen LogP contribution in [-0.4, -0.2) is 28.7 Å². The van der Waals surface area contributed by atoms with Gasteiger partial charge in [-0.15, -0.1) is 0 Å². The summed E-state index contributed by atoms with van der Waals surface area (Å²) < 4.78 is 38.1. The minimum Gasteiger partial charge on any atom is -0.373 e. The standard InChI is InChI=1S/C9H12F3N5/c1-14-5-4-6(16-7(13)15-5)17-8(2-3-8)9(10,11)12/h4H,2-3H2,1H3,(H4,13,14,15,16,17). The Morgan fingerprint density at radius 2 is 1.88 bits per heavy atom. The smallest absolute Gasteiger partial charge is 0.373 e. The Bertz CT molecular complexity index is 427. The summed E-state index contributed by atoms with van der Waals surface area (Å²) in [5.74, 6) is 0.381. The summed E-state index contributed by atoms with van der Waals surface area (Å²) in [5, 5.41) is 5.09. The quantitative estimate of drug-likeness (QED) is 0.756. The molecule has 1 heterocycles. The number of hydrogen-bond acceptors (Lipinski definition) is 5. The maximum atomic E-state index is 12.7. The van der Waals surface area contributed by atoms with Gasteiger partial charge in [0.1, 0.15) is 17.2 Å². The third kappa shape index (κ3) is 2.20. The van der Waals surface area contributed by atoms with Gasteiger partial charge in [0.05, 0.1) is 0 Å². The van der Waals surface area contributed by atoms with Gasteiger partial charge in [0.25, 0.3) is 0 Å². The van der Waals surface area contributed by atoms with E-state index in [9.17, 15) is 13.2 Å². The summed E-state index contributed by atoms with van der Waals surface area (Å²) in [6, 6.07) is 1.39. The molecule has 0 bridgehead atoms. The highest BCUT2D eigenvalue weighted by Gasteiger charge is 2.63. The first-order valence-corrected chi connectivity index (χ1v) is 5.03. The second-order valence-corrected chi connectivity index (χ2v) is 3.95. The summed E-state index contributed by atoms with van der Waals surface area (Å²) >= 11 is 0. The molecule has 0 unspecified atom stereocenters. The first-order valence-electron chi connectivity index (χ1n) is 5.03. The summed E-state index contributed by atoms with van der Waals surface area (Å²) in [5.41, 5.74) is 3.55. The van der Waals surface area contributed by atoms with Crippen molar-refractivity contribution < 1.29 is 13.2 Å². The highest BCUT2D eigenvalue weighted by atomic mass is 19.4. The molecule has 4 N–H and O–H groups in total.